The average molecular weight is 589 g/mol. The number of Topliss-reactive ketones (excluding diaryl/α,β-unsaturated/α-hetero) is 1. The molecule has 10 nitrogen and oxygen atoms in total. The van der Waals surface area contributed by atoms with Crippen LogP contribution in [0.5, 0.6) is 11.8 Å². The Hall–Kier alpha value is -1.87. The number of carbonyl (C=O) groups excluding carboxylic acids is 2. The van der Waals surface area contributed by atoms with Gasteiger partial charge in [-0.1, -0.05) is 50.1 Å². The van der Waals surface area contributed by atoms with Crippen LogP contribution in [0.15, 0.2) is 12.1 Å². The van der Waals surface area contributed by atoms with E-state index in [9.17, 15) is 9.59 Å². The predicted octanol–water partition coefficient (Wildman–Crippen LogP) is 4.90. The highest BCUT2D eigenvalue weighted by Crippen LogP contribution is 2.13. The topological polar surface area (TPSA) is 123 Å². The first-order valence-electron chi connectivity index (χ1n) is 12.3. The monoisotopic (exact) mass is 588 g/mol. The van der Waals surface area contributed by atoms with Crippen molar-refractivity contribution in [3.05, 3.63) is 34.1 Å². The second kappa shape index (κ2) is 22.0. The van der Waals surface area contributed by atoms with Crippen molar-refractivity contribution in [2.45, 2.75) is 45.2 Å². The summed E-state index contributed by atoms with van der Waals surface area (Å²) in [5, 5.41) is 3.06. The van der Waals surface area contributed by atoms with E-state index in [0.29, 0.717) is 47.9 Å². The first kappa shape index (κ1) is 36.1. The van der Waals surface area contributed by atoms with E-state index in [4.69, 9.17) is 42.1 Å². The van der Waals surface area contributed by atoms with Crippen LogP contribution >= 0.6 is 23.2 Å². The minimum atomic E-state index is -0.184. The lowest BCUT2D eigenvalue weighted by Gasteiger charge is -2.05. The molecule has 0 amide bonds. The first-order chi connectivity index (χ1) is 18.0. The Balaban J connectivity index is 0.000000559. The van der Waals surface area contributed by atoms with Crippen LogP contribution in [-0.4, -0.2) is 87.9 Å². The largest absolute Gasteiger partial charge is 0.475 e. The minimum absolute atomic E-state index is 0.00452. The van der Waals surface area contributed by atoms with Crippen LogP contribution in [0.2, 0.25) is 21.1 Å². The van der Waals surface area contributed by atoms with Gasteiger partial charge in [0.15, 0.2) is 12.1 Å². The number of carbonyl (C=O) groups is 2. The molecule has 13 heteroatoms. The first-order valence-corrected chi connectivity index (χ1v) is 15.1. The molecule has 2 aromatic rings. The van der Waals surface area contributed by atoms with E-state index < -0.39 is 0 Å². The molecule has 0 aromatic carbocycles. The average Bonchev–Trinajstić information content (AvgIpc) is 2.84. The van der Waals surface area contributed by atoms with Gasteiger partial charge in [0.2, 0.25) is 37.5 Å². The number of nitrogens with zero attached hydrogens (tertiary/aromatic N) is 4. The van der Waals surface area contributed by atoms with Crippen molar-refractivity contribution in [2.24, 2.45) is 11.8 Å². The summed E-state index contributed by atoms with van der Waals surface area (Å²) >= 11 is 11.5. The number of ether oxygens (including phenoxy) is 4. The summed E-state index contributed by atoms with van der Waals surface area (Å²) in [7, 11) is 3.13. The van der Waals surface area contributed by atoms with Crippen molar-refractivity contribution in [1.82, 2.24) is 19.9 Å². The van der Waals surface area contributed by atoms with E-state index in [-0.39, 0.29) is 39.5 Å². The Morgan fingerprint density at radius 3 is 1.74 bits per heavy atom. The maximum atomic E-state index is 11.1. The van der Waals surface area contributed by atoms with Gasteiger partial charge in [0.25, 0.3) is 0 Å². The standard InChI is InChI=1S/C9H11ClN2O3.C8H9ClN2O3.2C4H9.Al.H/c1-6(13)7-5-8(12-9(10)11-7)15-4-3-14-2;1-13-2-3-14-7-4-6(5-12)10-8(9)11-7;2*1-4(2)3;;/h5H,3-4H2,1-2H3;4-5H,2-3H2,1H3;2*4H,1H2,2-3H3;;. The summed E-state index contributed by atoms with van der Waals surface area (Å²) in [6.45, 7) is 12.3. The molecule has 2 heterocycles. The zero-order valence-electron chi connectivity index (χ0n) is 23.3. The van der Waals surface area contributed by atoms with Crippen LogP contribution in [-0.2, 0) is 9.47 Å². The van der Waals surface area contributed by atoms with Gasteiger partial charge in [-0.25, -0.2) is 9.97 Å². The summed E-state index contributed by atoms with van der Waals surface area (Å²) < 4.78 is 19.9. The molecule has 0 saturated heterocycles. The Bertz CT molecular complexity index is 946. The number of aromatic nitrogens is 4. The van der Waals surface area contributed by atoms with Crippen molar-refractivity contribution < 1.29 is 28.5 Å². The second-order valence-electron chi connectivity index (χ2n) is 8.84. The highest BCUT2D eigenvalue weighted by molar-refractivity contribution is 6.35. The molecule has 2 aromatic heterocycles. The summed E-state index contributed by atoms with van der Waals surface area (Å²) in [6, 6.07) is 2.86. The molecule has 0 aliphatic heterocycles. The minimum Gasteiger partial charge on any atom is -0.475 e. The fourth-order valence-electron chi connectivity index (χ4n) is 2.59. The molecule has 0 fully saturated rings. The van der Waals surface area contributed by atoms with Crippen LogP contribution in [0.1, 0.15) is 55.6 Å². The van der Waals surface area contributed by atoms with Crippen LogP contribution < -0.4 is 9.47 Å². The molecule has 0 bridgehead atoms. The lowest BCUT2D eigenvalue weighted by molar-refractivity contribution is 0.101. The van der Waals surface area contributed by atoms with Crippen LogP contribution in [0, 0.1) is 11.8 Å². The molecule has 0 saturated carbocycles. The van der Waals surface area contributed by atoms with E-state index in [0.717, 1.165) is 11.8 Å². The van der Waals surface area contributed by atoms with Crippen molar-refractivity contribution in [2.75, 3.05) is 40.6 Å². The van der Waals surface area contributed by atoms with Gasteiger partial charge in [-0.05, 0) is 23.2 Å². The van der Waals surface area contributed by atoms with E-state index in [2.05, 4.69) is 47.6 Å². The van der Waals surface area contributed by atoms with E-state index in [1.807, 2.05) is 0 Å². The molecule has 0 aliphatic rings. The van der Waals surface area contributed by atoms with Gasteiger partial charge in [0.1, 0.15) is 24.6 Å². The number of hydrogen-bond acceptors (Lipinski definition) is 10. The van der Waals surface area contributed by atoms with Gasteiger partial charge in [0.05, 0.1) is 13.2 Å². The molecule has 0 N–H and O–H groups in total. The van der Waals surface area contributed by atoms with Crippen molar-refractivity contribution >= 4 is 50.5 Å². The molecule has 0 atom stereocenters. The fourth-order valence-corrected chi connectivity index (χ4v) is 4.82. The van der Waals surface area contributed by atoms with Crippen molar-refractivity contribution in [3.8, 4) is 11.8 Å². The van der Waals surface area contributed by atoms with Gasteiger partial charge in [-0.2, -0.15) is 9.97 Å². The quantitative estimate of drug-likeness (QED) is 0.0989. The van der Waals surface area contributed by atoms with Crippen LogP contribution in [0.3, 0.4) is 0 Å². The van der Waals surface area contributed by atoms with E-state index in [1.54, 1.807) is 14.2 Å². The lowest BCUT2D eigenvalue weighted by Crippen LogP contribution is -2.07. The summed E-state index contributed by atoms with van der Waals surface area (Å²) in [5.74, 6) is 2.27. The zero-order valence-corrected chi connectivity index (χ0v) is 26.3. The molecule has 2 rings (SSSR count). The molecule has 0 spiro atoms. The number of methoxy groups -OCH3 is 2. The third kappa shape index (κ3) is 19.2. The second-order valence-corrected chi connectivity index (χ2v) is 11.4. The molecule has 212 valence electrons. The third-order valence-electron chi connectivity index (χ3n) is 4.49. The van der Waals surface area contributed by atoms with E-state index >= 15 is 0 Å². The lowest BCUT2D eigenvalue weighted by atomic mass is 10.3. The molecule has 0 unspecified atom stereocenters. The Morgan fingerprint density at radius 1 is 0.842 bits per heavy atom. The summed E-state index contributed by atoms with van der Waals surface area (Å²) in [5.41, 5.74) is 0.430. The third-order valence-corrected chi connectivity index (χ3v) is 7.95. The Morgan fingerprint density at radius 2 is 1.32 bits per heavy atom. The van der Waals surface area contributed by atoms with Gasteiger partial charge in [0, 0.05) is 33.3 Å². The Labute approximate surface area is 241 Å². The number of aldehydes is 1. The number of rotatable bonds is 14. The fraction of sp³-hybridized carbons (Fsp3) is 0.600. The Kier molecular flexibility index (Phi) is 20.9. The van der Waals surface area contributed by atoms with Gasteiger partial charge in [-0.3, -0.25) is 9.59 Å². The zero-order chi connectivity index (χ0) is 28.9. The number of ketones is 1. The summed E-state index contributed by atoms with van der Waals surface area (Å²) in [4.78, 5) is 36.5. The highest BCUT2D eigenvalue weighted by atomic mass is 35.5. The van der Waals surface area contributed by atoms with Gasteiger partial charge >= 0.3 is 0 Å². The predicted molar refractivity (Wildman–Crippen MR) is 151 cm³/mol. The molecular formula is C25H39AlCl2N4O6. The molecule has 0 aliphatic carbocycles. The maximum Gasteiger partial charge on any atom is 0.237 e. The SMILES string of the molecule is CC(C)[CH2][AlH][CH2]C(C)C.COCCOc1cc(C(C)=O)nc(Cl)n1.COCCOc1cc(C=O)nc(Cl)n1. The highest BCUT2D eigenvalue weighted by Gasteiger charge is 2.07. The number of halogens is 2. The normalized spacial score (nSPS) is 10.2. The molecule has 0 radical (unpaired) electrons. The van der Waals surface area contributed by atoms with Gasteiger partial charge in [-0.15, -0.1) is 0 Å². The maximum absolute atomic E-state index is 11.1. The van der Waals surface area contributed by atoms with Crippen molar-refractivity contribution in [1.29, 1.82) is 0 Å². The van der Waals surface area contributed by atoms with Gasteiger partial charge < -0.3 is 18.9 Å². The van der Waals surface area contributed by atoms with Crippen LogP contribution in [0.4, 0.5) is 0 Å². The van der Waals surface area contributed by atoms with E-state index in [1.165, 1.54) is 29.6 Å². The van der Waals surface area contributed by atoms with Crippen molar-refractivity contribution in [3.63, 3.8) is 0 Å². The summed E-state index contributed by atoms with van der Waals surface area (Å²) in [6.07, 6.45) is 0.580. The molecule has 38 heavy (non-hydrogen) atoms. The molecular weight excluding hydrogens is 550 g/mol. The van der Waals surface area contributed by atoms with Crippen LogP contribution in [0.25, 0.3) is 0 Å². The number of hydrogen-bond donors (Lipinski definition) is 0. The smallest absolute Gasteiger partial charge is 0.237 e.